The molecule has 23 heavy (non-hydrogen) atoms. The molecule has 0 aliphatic heterocycles. The third-order valence-corrected chi connectivity index (χ3v) is 5.22. The van der Waals surface area contributed by atoms with Crippen LogP contribution in [0, 0.1) is 0 Å². The Bertz CT molecular complexity index is 943. The minimum Gasteiger partial charge on any atom is -0.448 e. The molecule has 118 valence electrons. The number of furan rings is 1. The van der Waals surface area contributed by atoms with E-state index >= 15 is 0 Å². The van der Waals surface area contributed by atoms with E-state index in [2.05, 4.69) is 15.2 Å². The topological polar surface area (TPSA) is 87.6 Å². The second-order valence-electron chi connectivity index (χ2n) is 6.64. The van der Waals surface area contributed by atoms with Crippen LogP contribution in [0.2, 0.25) is 0 Å². The monoisotopic (exact) mass is 310 g/mol. The van der Waals surface area contributed by atoms with Gasteiger partial charge in [-0.25, -0.2) is 4.98 Å². The number of nitrogens with zero attached hydrogens (tertiary/aromatic N) is 2. The summed E-state index contributed by atoms with van der Waals surface area (Å²) >= 11 is 0. The highest BCUT2D eigenvalue weighted by molar-refractivity contribution is 5.85. The summed E-state index contributed by atoms with van der Waals surface area (Å²) in [4.78, 5) is 20.3. The standard InChI is InChI=1S/C17H18N4O2/c22-17-15-13(19-16(20-17)9-4-1-2-5-9)10-6-3-7-12-11(8-18-21-12)14(10)23-15/h8-9H,1-7H2,(H,18,21)(H,19,20,22). The van der Waals surface area contributed by atoms with Crippen LogP contribution in [0.3, 0.4) is 0 Å². The van der Waals surface area contributed by atoms with Gasteiger partial charge in [0.1, 0.15) is 17.1 Å². The lowest BCUT2D eigenvalue weighted by Gasteiger charge is -2.07. The van der Waals surface area contributed by atoms with Gasteiger partial charge in [0, 0.05) is 17.2 Å². The van der Waals surface area contributed by atoms with Crippen LogP contribution in [0.15, 0.2) is 15.4 Å². The van der Waals surface area contributed by atoms with Crippen LogP contribution in [0.1, 0.15) is 55.1 Å². The van der Waals surface area contributed by atoms with Gasteiger partial charge in [-0.15, -0.1) is 0 Å². The van der Waals surface area contributed by atoms with E-state index in [0.29, 0.717) is 11.5 Å². The molecule has 0 radical (unpaired) electrons. The lowest BCUT2D eigenvalue weighted by molar-refractivity contribution is 0.615. The number of aromatic nitrogens is 4. The molecule has 0 atom stereocenters. The summed E-state index contributed by atoms with van der Waals surface area (Å²) < 4.78 is 5.94. The molecule has 3 heterocycles. The van der Waals surface area contributed by atoms with Crippen LogP contribution in [0.5, 0.6) is 0 Å². The highest BCUT2D eigenvalue weighted by Crippen LogP contribution is 2.38. The SMILES string of the molecule is O=c1[nH]c(C2CCCC2)nc2c3c(oc12)-c1cn[nH]c1CCC3. The first-order valence-electron chi connectivity index (χ1n) is 8.39. The third-order valence-electron chi connectivity index (χ3n) is 5.22. The first kappa shape index (κ1) is 13.1. The van der Waals surface area contributed by atoms with Gasteiger partial charge in [-0.3, -0.25) is 9.89 Å². The highest BCUT2D eigenvalue weighted by Gasteiger charge is 2.27. The number of aromatic amines is 2. The van der Waals surface area contributed by atoms with Gasteiger partial charge < -0.3 is 9.40 Å². The van der Waals surface area contributed by atoms with Crippen LogP contribution in [-0.4, -0.2) is 20.2 Å². The number of hydrogen-bond acceptors (Lipinski definition) is 4. The van der Waals surface area contributed by atoms with Gasteiger partial charge in [-0.1, -0.05) is 12.8 Å². The van der Waals surface area contributed by atoms with E-state index < -0.39 is 0 Å². The van der Waals surface area contributed by atoms with Crippen LogP contribution in [0.25, 0.3) is 22.4 Å². The maximum Gasteiger partial charge on any atom is 0.294 e. The van der Waals surface area contributed by atoms with Gasteiger partial charge in [0.05, 0.1) is 11.8 Å². The molecule has 0 aromatic carbocycles. The predicted molar refractivity (Wildman–Crippen MR) is 85.4 cm³/mol. The third kappa shape index (κ3) is 1.90. The zero-order chi connectivity index (χ0) is 15.4. The zero-order valence-electron chi connectivity index (χ0n) is 12.8. The highest BCUT2D eigenvalue weighted by atomic mass is 16.3. The van der Waals surface area contributed by atoms with Gasteiger partial charge in [0.25, 0.3) is 5.56 Å². The molecule has 5 rings (SSSR count). The lowest BCUT2D eigenvalue weighted by Crippen LogP contribution is -2.13. The Labute approximate surface area is 132 Å². The fourth-order valence-electron chi connectivity index (χ4n) is 4.03. The number of fused-ring (bicyclic) bond motifs is 5. The molecule has 1 fully saturated rings. The Morgan fingerprint density at radius 2 is 2.04 bits per heavy atom. The van der Waals surface area contributed by atoms with Crippen molar-refractivity contribution in [1.29, 1.82) is 0 Å². The predicted octanol–water partition coefficient (Wildman–Crippen LogP) is 3.05. The van der Waals surface area contributed by atoms with Gasteiger partial charge in [-0.05, 0) is 32.1 Å². The minimum atomic E-state index is -0.157. The quantitative estimate of drug-likeness (QED) is 0.723. The zero-order valence-corrected chi connectivity index (χ0v) is 12.8. The smallest absolute Gasteiger partial charge is 0.294 e. The average Bonchev–Trinajstić information content (AvgIpc) is 3.26. The molecule has 2 N–H and O–H groups in total. The van der Waals surface area contributed by atoms with E-state index in [4.69, 9.17) is 9.40 Å². The molecule has 0 saturated heterocycles. The molecule has 0 amide bonds. The normalized spacial score (nSPS) is 18.1. The van der Waals surface area contributed by atoms with Crippen molar-refractivity contribution in [1.82, 2.24) is 20.2 Å². The molecular formula is C17H18N4O2. The van der Waals surface area contributed by atoms with Gasteiger partial charge >= 0.3 is 0 Å². The van der Waals surface area contributed by atoms with Crippen LogP contribution >= 0.6 is 0 Å². The number of hydrogen-bond donors (Lipinski definition) is 2. The van der Waals surface area contributed by atoms with Crippen molar-refractivity contribution in [3.8, 4) is 11.3 Å². The fourth-order valence-corrected chi connectivity index (χ4v) is 4.03. The first-order chi connectivity index (χ1) is 11.3. The van der Waals surface area contributed by atoms with Crippen molar-refractivity contribution in [2.75, 3.05) is 0 Å². The molecular weight excluding hydrogens is 292 g/mol. The Morgan fingerprint density at radius 3 is 2.91 bits per heavy atom. The molecule has 3 aromatic heterocycles. The molecule has 2 aliphatic carbocycles. The molecule has 6 heteroatoms. The van der Waals surface area contributed by atoms with Crippen LogP contribution in [-0.2, 0) is 12.8 Å². The maximum atomic E-state index is 12.5. The molecule has 6 nitrogen and oxygen atoms in total. The number of rotatable bonds is 1. The molecule has 1 saturated carbocycles. The summed E-state index contributed by atoms with van der Waals surface area (Å²) in [6, 6.07) is 0. The summed E-state index contributed by atoms with van der Waals surface area (Å²) in [5.41, 5.74) is 4.05. The number of H-pyrrole nitrogens is 2. The van der Waals surface area contributed by atoms with Crippen molar-refractivity contribution in [3.63, 3.8) is 0 Å². The van der Waals surface area contributed by atoms with Gasteiger partial charge in [0.2, 0.25) is 5.58 Å². The number of nitrogens with one attached hydrogen (secondary N) is 2. The van der Waals surface area contributed by atoms with Crippen molar-refractivity contribution in [2.45, 2.75) is 50.9 Å². The summed E-state index contributed by atoms with van der Waals surface area (Å²) in [6.07, 6.45) is 9.27. The van der Waals surface area contributed by atoms with Crippen molar-refractivity contribution >= 4 is 11.1 Å². The van der Waals surface area contributed by atoms with Crippen LogP contribution in [0.4, 0.5) is 0 Å². The first-order valence-corrected chi connectivity index (χ1v) is 8.39. The van der Waals surface area contributed by atoms with E-state index in [1.807, 2.05) is 0 Å². The Morgan fingerprint density at radius 1 is 1.17 bits per heavy atom. The summed E-state index contributed by atoms with van der Waals surface area (Å²) in [5.74, 6) is 1.98. The summed E-state index contributed by atoms with van der Waals surface area (Å²) in [6.45, 7) is 0. The van der Waals surface area contributed by atoms with Gasteiger partial charge in [0.15, 0.2) is 0 Å². The lowest BCUT2D eigenvalue weighted by atomic mass is 10.1. The average molecular weight is 310 g/mol. The second kappa shape index (κ2) is 4.81. The van der Waals surface area contributed by atoms with Crippen molar-refractivity contribution in [2.24, 2.45) is 0 Å². The molecule has 0 spiro atoms. The van der Waals surface area contributed by atoms with E-state index in [9.17, 15) is 4.79 Å². The maximum absolute atomic E-state index is 12.5. The summed E-state index contributed by atoms with van der Waals surface area (Å²) in [7, 11) is 0. The Hall–Kier alpha value is -2.37. The molecule has 0 unspecified atom stereocenters. The summed E-state index contributed by atoms with van der Waals surface area (Å²) in [5, 5.41) is 7.16. The minimum absolute atomic E-state index is 0.157. The van der Waals surface area contributed by atoms with E-state index in [1.165, 1.54) is 12.8 Å². The fraction of sp³-hybridized carbons (Fsp3) is 0.471. The van der Waals surface area contributed by atoms with Crippen molar-refractivity contribution in [3.05, 3.63) is 33.6 Å². The second-order valence-corrected chi connectivity index (χ2v) is 6.64. The van der Waals surface area contributed by atoms with Gasteiger partial charge in [-0.2, -0.15) is 5.10 Å². The molecule has 2 aliphatic rings. The molecule has 0 bridgehead atoms. The Kier molecular flexibility index (Phi) is 2.74. The number of aryl methyl sites for hydroxylation is 2. The van der Waals surface area contributed by atoms with Crippen molar-refractivity contribution < 1.29 is 4.42 Å². The Balaban J connectivity index is 1.76. The van der Waals surface area contributed by atoms with E-state index in [1.54, 1.807) is 6.20 Å². The molecule has 3 aromatic rings. The van der Waals surface area contributed by atoms with E-state index in [-0.39, 0.29) is 5.56 Å². The van der Waals surface area contributed by atoms with E-state index in [0.717, 1.165) is 66.0 Å². The van der Waals surface area contributed by atoms with Crippen LogP contribution < -0.4 is 5.56 Å². The largest absolute Gasteiger partial charge is 0.448 e.